The topological polar surface area (TPSA) is 139 Å². The van der Waals surface area contributed by atoms with Crippen molar-refractivity contribution in [2.45, 2.75) is 13.1 Å². The molecule has 0 radical (unpaired) electrons. The third-order valence-electron chi connectivity index (χ3n) is 5.99. The molecule has 0 bridgehead atoms. The van der Waals surface area contributed by atoms with Gasteiger partial charge in [-0.15, -0.1) is 0 Å². The Balaban J connectivity index is 0.00000760. The predicted octanol–water partition coefficient (Wildman–Crippen LogP) is -6.61. The van der Waals surface area contributed by atoms with Gasteiger partial charge in [0, 0.05) is 11.1 Å². The molecule has 0 spiro atoms. The summed E-state index contributed by atoms with van der Waals surface area (Å²) in [5.41, 5.74) is 1.58. The van der Waals surface area contributed by atoms with Crippen LogP contribution in [-0.4, -0.2) is 91.0 Å². The summed E-state index contributed by atoms with van der Waals surface area (Å²) in [7, 11) is 9.07. The van der Waals surface area contributed by atoms with E-state index < -0.39 is 11.9 Å². The van der Waals surface area contributed by atoms with E-state index in [0.717, 1.165) is 20.9 Å². The number of carboxylic acids is 2. The summed E-state index contributed by atoms with van der Waals surface area (Å²) in [5, 5.41) is 19.1. The molecule has 2 rings (SSSR count). The quantitative estimate of drug-likeness (QED) is 0.137. The van der Waals surface area contributed by atoms with Crippen molar-refractivity contribution in [1.82, 2.24) is 0 Å². The molecule has 40 heavy (non-hydrogen) atoms. The standard InChI is InChI=1S/C26H36N2O10.2ClH/c1-33-19-9-17(10-20(34-2)25(19)37-5)13-27(15-23(29)30)7-8-28(16-24(31)32)14-18-11-21(35-3)26(38-6)22(12-18)36-4;;/h9-12H,7-8,13-16H2,1-6H3,(H,29,30)(H,31,32);2*1H. The second-order valence-electron chi connectivity index (χ2n) is 8.56. The summed E-state index contributed by atoms with van der Waals surface area (Å²) in [6, 6.07) is 7.12. The Hall–Kier alpha value is -3.32. The molecule has 226 valence electrons. The molecule has 2 aromatic carbocycles. The van der Waals surface area contributed by atoms with Crippen LogP contribution in [0.1, 0.15) is 11.1 Å². The smallest absolute Gasteiger partial charge is 0.359 e. The highest BCUT2D eigenvalue weighted by molar-refractivity contribution is 5.68. The van der Waals surface area contributed by atoms with E-state index in [1.54, 1.807) is 24.3 Å². The Kier molecular flexibility index (Phi) is 16.6. The maximum atomic E-state index is 11.6. The van der Waals surface area contributed by atoms with Crippen LogP contribution in [0.2, 0.25) is 0 Å². The van der Waals surface area contributed by atoms with Crippen molar-refractivity contribution in [3.8, 4) is 34.5 Å². The van der Waals surface area contributed by atoms with E-state index in [0.29, 0.717) is 60.7 Å². The molecule has 4 N–H and O–H groups in total. The molecule has 0 aromatic heterocycles. The Bertz CT molecular complexity index is 968. The number of nitrogens with one attached hydrogen (secondary N) is 2. The molecule has 2 atom stereocenters. The van der Waals surface area contributed by atoms with E-state index in [1.807, 2.05) is 0 Å². The number of aliphatic carboxylic acids is 2. The van der Waals surface area contributed by atoms with Gasteiger partial charge in [-0.25, -0.2) is 9.59 Å². The van der Waals surface area contributed by atoms with Crippen molar-refractivity contribution in [3.05, 3.63) is 35.4 Å². The molecular weight excluding hydrogens is 571 g/mol. The molecule has 0 aliphatic carbocycles. The van der Waals surface area contributed by atoms with Gasteiger partial charge < -0.3 is 73.2 Å². The van der Waals surface area contributed by atoms with Crippen LogP contribution in [-0.2, 0) is 22.7 Å². The second kappa shape index (κ2) is 18.1. The lowest BCUT2D eigenvalue weighted by molar-refractivity contribution is -0.963. The summed E-state index contributed by atoms with van der Waals surface area (Å²) in [5.74, 6) is 0.846. The van der Waals surface area contributed by atoms with Gasteiger partial charge in [-0.05, 0) is 24.3 Å². The largest absolute Gasteiger partial charge is 1.00 e. The first kappa shape index (κ1) is 36.7. The van der Waals surface area contributed by atoms with Gasteiger partial charge in [-0.3, -0.25) is 0 Å². The molecule has 0 heterocycles. The fraction of sp³-hybridized carbons (Fsp3) is 0.462. The summed E-state index contributed by atoms with van der Waals surface area (Å²) in [6.07, 6.45) is 0. The number of carbonyl (C=O) groups is 2. The minimum Gasteiger partial charge on any atom is -1.00 e. The fourth-order valence-corrected chi connectivity index (χ4v) is 4.31. The lowest BCUT2D eigenvalue weighted by Crippen LogP contribution is -3.20. The van der Waals surface area contributed by atoms with E-state index in [-0.39, 0.29) is 37.9 Å². The monoisotopic (exact) mass is 608 g/mol. The summed E-state index contributed by atoms with van der Waals surface area (Å²) in [6.45, 7) is 1.20. The van der Waals surface area contributed by atoms with Gasteiger partial charge in [0.25, 0.3) is 0 Å². The highest BCUT2D eigenvalue weighted by atomic mass is 35.5. The van der Waals surface area contributed by atoms with Crippen LogP contribution in [0.4, 0.5) is 0 Å². The first-order valence-corrected chi connectivity index (χ1v) is 11.9. The maximum absolute atomic E-state index is 11.6. The zero-order valence-corrected chi connectivity index (χ0v) is 25.0. The van der Waals surface area contributed by atoms with Gasteiger partial charge in [0.05, 0.1) is 42.7 Å². The van der Waals surface area contributed by atoms with Crippen LogP contribution < -0.4 is 63.0 Å². The number of hydrogen-bond donors (Lipinski definition) is 4. The summed E-state index contributed by atoms with van der Waals surface area (Å²) in [4.78, 5) is 24.7. The molecule has 0 fully saturated rings. The average Bonchev–Trinajstić information content (AvgIpc) is 2.89. The number of hydrogen-bond acceptors (Lipinski definition) is 8. The van der Waals surface area contributed by atoms with Crippen LogP contribution in [0.25, 0.3) is 0 Å². The molecule has 12 nitrogen and oxygen atoms in total. The first-order chi connectivity index (χ1) is 18.2. The van der Waals surface area contributed by atoms with Gasteiger partial charge in [-0.1, -0.05) is 0 Å². The number of carboxylic acid groups (broad SMARTS) is 2. The highest BCUT2D eigenvalue weighted by Crippen LogP contribution is 2.38. The molecule has 0 aliphatic heterocycles. The Morgan fingerprint density at radius 2 is 0.850 bits per heavy atom. The van der Waals surface area contributed by atoms with Crippen LogP contribution in [0.5, 0.6) is 34.5 Å². The molecule has 0 saturated heterocycles. The van der Waals surface area contributed by atoms with E-state index in [2.05, 4.69) is 0 Å². The number of halogens is 2. The molecule has 0 saturated carbocycles. The minimum atomic E-state index is -0.961. The Labute approximate surface area is 246 Å². The van der Waals surface area contributed by atoms with Crippen LogP contribution >= 0.6 is 0 Å². The van der Waals surface area contributed by atoms with E-state index in [4.69, 9.17) is 28.4 Å². The Morgan fingerprint density at radius 3 is 1.05 bits per heavy atom. The van der Waals surface area contributed by atoms with Crippen LogP contribution in [0, 0.1) is 0 Å². The number of quaternary nitrogens is 2. The molecule has 14 heteroatoms. The number of methoxy groups -OCH3 is 6. The normalized spacial score (nSPS) is 11.7. The fourth-order valence-electron chi connectivity index (χ4n) is 4.31. The minimum absolute atomic E-state index is 0. The Morgan fingerprint density at radius 1 is 0.575 bits per heavy atom. The van der Waals surface area contributed by atoms with Crippen molar-refractivity contribution in [2.75, 3.05) is 68.8 Å². The van der Waals surface area contributed by atoms with E-state index in [9.17, 15) is 19.8 Å². The van der Waals surface area contributed by atoms with Crippen LogP contribution in [0.3, 0.4) is 0 Å². The van der Waals surface area contributed by atoms with Gasteiger partial charge in [0.1, 0.15) is 26.2 Å². The molecule has 0 amide bonds. The third kappa shape index (κ3) is 10.3. The summed E-state index contributed by atoms with van der Waals surface area (Å²) >= 11 is 0. The maximum Gasteiger partial charge on any atom is 0.359 e. The molecular formula is C26H38Cl2N2O10. The lowest BCUT2D eigenvalue weighted by Gasteiger charge is -2.23. The zero-order valence-electron chi connectivity index (χ0n) is 23.5. The van der Waals surface area contributed by atoms with Crippen molar-refractivity contribution in [2.24, 2.45) is 0 Å². The van der Waals surface area contributed by atoms with Gasteiger partial charge in [0.15, 0.2) is 36.1 Å². The molecule has 2 unspecified atom stereocenters. The number of rotatable bonds is 17. The average molecular weight is 610 g/mol. The first-order valence-electron chi connectivity index (χ1n) is 11.9. The number of ether oxygens (including phenoxy) is 6. The van der Waals surface area contributed by atoms with Gasteiger partial charge in [0.2, 0.25) is 11.5 Å². The summed E-state index contributed by atoms with van der Waals surface area (Å²) < 4.78 is 32.4. The third-order valence-corrected chi connectivity index (χ3v) is 5.99. The van der Waals surface area contributed by atoms with Crippen molar-refractivity contribution in [3.63, 3.8) is 0 Å². The second-order valence-corrected chi connectivity index (χ2v) is 8.56. The zero-order chi connectivity index (χ0) is 28.2. The van der Waals surface area contributed by atoms with Gasteiger partial charge in [-0.2, -0.15) is 0 Å². The van der Waals surface area contributed by atoms with Crippen molar-refractivity contribution >= 4 is 11.9 Å². The lowest BCUT2D eigenvalue weighted by atomic mass is 10.1. The van der Waals surface area contributed by atoms with Crippen molar-refractivity contribution in [1.29, 1.82) is 0 Å². The van der Waals surface area contributed by atoms with Crippen LogP contribution in [0.15, 0.2) is 24.3 Å². The van der Waals surface area contributed by atoms with E-state index in [1.165, 1.54) is 42.7 Å². The molecule has 0 aliphatic rings. The predicted molar refractivity (Wildman–Crippen MR) is 136 cm³/mol. The van der Waals surface area contributed by atoms with Gasteiger partial charge >= 0.3 is 11.9 Å². The number of benzene rings is 2. The van der Waals surface area contributed by atoms with E-state index >= 15 is 0 Å². The highest BCUT2D eigenvalue weighted by Gasteiger charge is 2.23. The SMILES string of the molecule is COc1cc(C[NH+](CC[NH+](CC(=O)O)Cc2cc(OC)c(OC)c(OC)c2)CC(=O)O)cc(OC)c1OC.[Cl-].[Cl-]. The van der Waals surface area contributed by atoms with Crippen molar-refractivity contribution < 1.29 is 82.8 Å². The molecule has 2 aromatic rings.